The van der Waals surface area contributed by atoms with Crippen molar-refractivity contribution in [1.82, 2.24) is 10.3 Å². The fourth-order valence-corrected chi connectivity index (χ4v) is 4.35. The average Bonchev–Trinajstić information content (AvgIpc) is 3.30. The molecule has 2 aliphatic heterocycles. The number of rotatable bonds is 4. The highest BCUT2D eigenvalue weighted by molar-refractivity contribution is 6.14. The van der Waals surface area contributed by atoms with Crippen molar-refractivity contribution in [2.75, 3.05) is 39.3 Å². The Morgan fingerprint density at radius 1 is 1.06 bits per heavy atom. The number of urea groups is 1. The molecule has 2 aromatic carbocycles. The Bertz CT molecular complexity index is 981. The van der Waals surface area contributed by atoms with Crippen LogP contribution in [0.15, 0.2) is 41.5 Å². The van der Waals surface area contributed by atoms with E-state index in [2.05, 4.69) is 34.5 Å². The molecule has 1 saturated heterocycles. The Morgan fingerprint density at radius 3 is 2.32 bits per heavy atom. The van der Waals surface area contributed by atoms with Gasteiger partial charge in [-0.05, 0) is 56.0 Å². The van der Waals surface area contributed by atoms with Crippen LogP contribution in [0.4, 0.5) is 10.5 Å². The second-order valence-corrected chi connectivity index (χ2v) is 8.01. The minimum absolute atomic E-state index is 0.113. The molecule has 1 fully saturated rings. The van der Waals surface area contributed by atoms with Crippen molar-refractivity contribution >= 4 is 17.4 Å². The smallest absolute Gasteiger partial charge is 0.337 e. The second kappa shape index (κ2) is 8.88. The maximum absolute atomic E-state index is 12.6. The molecular weight excluding hydrogens is 392 g/mol. The molecular formula is C24H30N4O3. The molecule has 31 heavy (non-hydrogen) atoms. The minimum Gasteiger partial charge on any atom is -0.493 e. The highest BCUT2D eigenvalue weighted by Crippen LogP contribution is 2.35. The Morgan fingerprint density at radius 2 is 1.71 bits per heavy atom. The van der Waals surface area contributed by atoms with Crippen LogP contribution in [0.25, 0.3) is 0 Å². The molecule has 0 aromatic heterocycles. The molecule has 0 aliphatic carbocycles. The van der Waals surface area contributed by atoms with Gasteiger partial charge in [0.25, 0.3) is 0 Å². The van der Waals surface area contributed by atoms with Crippen LogP contribution in [0.1, 0.15) is 36.5 Å². The van der Waals surface area contributed by atoms with E-state index in [4.69, 9.17) is 14.6 Å². The third-order valence-electron chi connectivity index (χ3n) is 6.04. The SMILES string of the molecule is CNC(=O)N1N=C(c2ccc(N3CCCC3)cc2)c2cc(OC)c(OC)cc2CC1C. The summed E-state index contributed by atoms with van der Waals surface area (Å²) in [6.45, 7) is 4.20. The zero-order valence-corrected chi connectivity index (χ0v) is 18.6. The van der Waals surface area contributed by atoms with Gasteiger partial charge in [0, 0.05) is 37.0 Å². The molecule has 2 aliphatic rings. The number of hydrazone groups is 1. The number of amides is 2. The lowest BCUT2D eigenvalue weighted by molar-refractivity contribution is 0.184. The Balaban J connectivity index is 1.83. The Labute approximate surface area is 183 Å². The van der Waals surface area contributed by atoms with Gasteiger partial charge >= 0.3 is 6.03 Å². The van der Waals surface area contributed by atoms with Gasteiger partial charge in [0.05, 0.1) is 26.0 Å². The molecule has 0 saturated carbocycles. The van der Waals surface area contributed by atoms with E-state index in [9.17, 15) is 4.79 Å². The third-order valence-corrected chi connectivity index (χ3v) is 6.04. The maximum Gasteiger partial charge on any atom is 0.337 e. The van der Waals surface area contributed by atoms with Gasteiger partial charge in [0.2, 0.25) is 0 Å². The number of carbonyl (C=O) groups excluding carboxylic acids is 1. The summed E-state index contributed by atoms with van der Waals surface area (Å²) >= 11 is 0. The monoisotopic (exact) mass is 422 g/mol. The van der Waals surface area contributed by atoms with E-state index in [0.29, 0.717) is 17.9 Å². The first-order valence-corrected chi connectivity index (χ1v) is 10.8. The van der Waals surface area contributed by atoms with Crippen molar-refractivity contribution in [3.05, 3.63) is 53.1 Å². The maximum atomic E-state index is 12.6. The van der Waals surface area contributed by atoms with E-state index in [0.717, 1.165) is 35.5 Å². The van der Waals surface area contributed by atoms with Gasteiger partial charge in [-0.15, -0.1) is 0 Å². The molecule has 4 rings (SSSR count). The first-order chi connectivity index (χ1) is 15.0. The number of fused-ring (bicyclic) bond motifs is 1. The minimum atomic E-state index is -0.231. The molecule has 1 unspecified atom stereocenters. The van der Waals surface area contributed by atoms with Gasteiger partial charge in [0.15, 0.2) is 11.5 Å². The van der Waals surface area contributed by atoms with Crippen LogP contribution in [0.5, 0.6) is 11.5 Å². The quantitative estimate of drug-likeness (QED) is 0.817. The topological polar surface area (TPSA) is 66.4 Å². The summed E-state index contributed by atoms with van der Waals surface area (Å²) in [5.41, 5.74) is 4.94. The molecule has 1 atom stereocenters. The largest absolute Gasteiger partial charge is 0.493 e. The first-order valence-electron chi connectivity index (χ1n) is 10.8. The van der Waals surface area contributed by atoms with E-state index in [1.165, 1.54) is 23.5 Å². The van der Waals surface area contributed by atoms with Crippen LogP contribution >= 0.6 is 0 Å². The number of methoxy groups -OCH3 is 2. The zero-order chi connectivity index (χ0) is 22.0. The summed E-state index contributed by atoms with van der Waals surface area (Å²) in [4.78, 5) is 15.0. The number of benzene rings is 2. The van der Waals surface area contributed by atoms with Gasteiger partial charge < -0.3 is 19.7 Å². The van der Waals surface area contributed by atoms with Crippen molar-refractivity contribution in [2.24, 2.45) is 5.10 Å². The van der Waals surface area contributed by atoms with Crippen LogP contribution in [0.2, 0.25) is 0 Å². The van der Waals surface area contributed by atoms with Gasteiger partial charge in [-0.3, -0.25) is 0 Å². The van der Waals surface area contributed by atoms with Gasteiger partial charge in [-0.1, -0.05) is 12.1 Å². The molecule has 0 bridgehead atoms. The van der Waals surface area contributed by atoms with Crippen molar-refractivity contribution in [3.63, 3.8) is 0 Å². The fraction of sp³-hybridized carbons (Fsp3) is 0.417. The van der Waals surface area contributed by atoms with Gasteiger partial charge in [-0.25, -0.2) is 9.80 Å². The van der Waals surface area contributed by atoms with E-state index in [1.54, 1.807) is 21.3 Å². The van der Waals surface area contributed by atoms with Crippen LogP contribution in [0.3, 0.4) is 0 Å². The third kappa shape index (κ3) is 4.04. The molecule has 0 radical (unpaired) electrons. The van der Waals surface area contributed by atoms with Crippen molar-refractivity contribution in [1.29, 1.82) is 0 Å². The van der Waals surface area contributed by atoms with Crippen LogP contribution in [-0.4, -0.2) is 57.2 Å². The fourth-order valence-electron chi connectivity index (χ4n) is 4.35. The molecule has 7 nitrogen and oxygen atoms in total. The van der Waals surface area contributed by atoms with E-state index >= 15 is 0 Å². The number of ether oxygens (including phenoxy) is 2. The summed E-state index contributed by atoms with van der Waals surface area (Å²) in [6.07, 6.45) is 3.13. The Hall–Kier alpha value is -3.22. The van der Waals surface area contributed by atoms with E-state index < -0.39 is 0 Å². The summed E-state index contributed by atoms with van der Waals surface area (Å²) in [7, 11) is 4.88. The van der Waals surface area contributed by atoms with Crippen molar-refractivity contribution in [2.45, 2.75) is 32.2 Å². The predicted molar refractivity (Wildman–Crippen MR) is 123 cm³/mol. The molecule has 7 heteroatoms. The number of carbonyl (C=O) groups is 1. The highest BCUT2D eigenvalue weighted by Gasteiger charge is 2.28. The van der Waals surface area contributed by atoms with Crippen LogP contribution in [0, 0.1) is 0 Å². The van der Waals surface area contributed by atoms with E-state index in [1.807, 2.05) is 19.1 Å². The standard InChI is InChI=1S/C24H30N4O3/c1-16-13-18-14-21(30-3)22(31-4)15-20(18)23(26-28(16)24(29)25-2)17-7-9-19(10-8-17)27-11-5-6-12-27/h7-10,14-16H,5-6,11-13H2,1-4H3,(H,25,29). The molecule has 2 aromatic rings. The zero-order valence-electron chi connectivity index (χ0n) is 18.6. The normalized spacial score (nSPS) is 18.2. The summed E-state index contributed by atoms with van der Waals surface area (Å²) in [5, 5.41) is 9.06. The number of nitrogens with zero attached hydrogens (tertiary/aromatic N) is 3. The Kier molecular flexibility index (Phi) is 6.02. The van der Waals surface area contributed by atoms with Gasteiger partial charge in [0.1, 0.15) is 0 Å². The van der Waals surface area contributed by atoms with Crippen LogP contribution in [-0.2, 0) is 6.42 Å². The molecule has 1 N–H and O–H groups in total. The lowest BCUT2D eigenvalue weighted by Crippen LogP contribution is -2.41. The highest BCUT2D eigenvalue weighted by atomic mass is 16.5. The van der Waals surface area contributed by atoms with Crippen molar-refractivity contribution < 1.29 is 14.3 Å². The summed E-state index contributed by atoms with van der Waals surface area (Å²) in [6, 6.07) is 12.1. The van der Waals surface area contributed by atoms with Crippen molar-refractivity contribution in [3.8, 4) is 11.5 Å². The van der Waals surface area contributed by atoms with Gasteiger partial charge in [-0.2, -0.15) is 5.10 Å². The molecule has 164 valence electrons. The lowest BCUT2D eigenvalue weighted by Gasteiger charge is -2.22. The number of hydrogen-bond acceptors (Lipinski definition) is 5. The average molecular weight is 423 g/mol. The summed E-state index contributed by atoms with van der Waals surface area (Å²) < 4.78 is 11.1. The second-order valence-electron chi connectivity index (χ2n) is 8.01. The number of anilines is 1. The summed E-state index contributed by atoms with van der Waals surface area (Å²) in [5.74, 6) is 1.31. The molecule has 2 amide bonds. The number of nitrogens with one attached hydrogen (secondary N) is 1. The molecule has 2 heterocycles. The first kappa shape index (κ1) is 21.0. The van der Waals surface area contributed by atoms with E-state index in [-0.39, 0.29) is 12.1 Å². The van der Waals surface area contributed by atoms with Crippen LogP contribution < -0.4 is 19.7 Å². The lowest BCUT2D eigenvalue weighted by atomic mass is 9.94. The number of hydrogen-bond donors (Lipinski definition) is 1. The molecule has 0 spiro atoms. The predicted octanol–water partition coefficient (Wildman–Crippen LogP) is 3.64.